The number of aryl methyl sites for hydroxylation is 1. The number of hydrogen-bond donors (Lipinski definition) is 2. The Morgan fingerprint density at radius 1 is 1.38 bits per heavy atom. The summed E-state index contributed by atoms with van der Waals surface area (Å²) in [6.07, 6.45) is 5.12. The molecule has 132 valence electrons. The van der Waals surface area contributed by atoms with Crippen LogP contribution in [-0.2, 0) is 24.2 Å². The fourth-order valence-electron chi connectivity index (χ4n) is 3.77. The lowest BCUT2D eigenvalue weighted by molar-refractivity contribution is -0.127. The van der Waals surface area contributed by atoms with Crippen LogP contribution in [0.25, 0.3) is 0 Å². The van der Waals surface area contributed by atoms with Gasteiger partial charge in [0, 0.05) is 49.9 Å². The molecule has 0 bridgehead atoms. The van der Waals surface area contributed by atoms with Gasteiger partial charge in [-0.05, 0) is 32.1 Å². The number of carbonyl (C=O) groups is 2. The number of rotatable bonds is 7. The van der Waals surface area contributed by atoms with Crippen LogP contribution in [0.5, 0.6) is 0 Å². The number of carbonyl (C=O) groups excluding carboxylic acids is 1. The Labute approximate surface area is 142 Å². The molecule has 1 unspecified atom stereocenters. The molecule has 1 aromatic rings. The molecule has 3 rings (SSSR count). The highest BCUT2D eigenvalue weighted by molar-refractivity contribution is 5.87. The molecule has 2 heterocycles. The summed E-state index contributed by atoms with van der Waals surface area (Å²) in [4.78, 5) is 25.0. The summed E-state index contributed by atoms with van der Waals surface area (Å²) in [6.45, 7) is 5.20. The van der Waals surface area contributed by atoms with E-state index in [1.165, 1.54) is 0 Å². The number of aromatic nitrogens is 2. The van der Waals surface area contributed by atoms with Crippen molar-refractivity contribution in [2.24, 2.45) is 0 Å². The zero-order valence-electron chi connectivity index (χ0n) is 14.3. The molecule has 2 N–H and O–H groups in total. The molecule has 1 atom stereocenters. The second-order valence-electron chi connectivity index (χ2n) is 6.68. The van der Waals surface area contributed by atoms with Gasteiger partial charge in [-0.25, -0.2) is 4.79 Å². The van der Waals surface area contributed by atoms with E-state index in [0.29, 0.717) is 12.8 Å². The molecule has 2 aliphatic rings. The molecule has 1 amide bonds. The molecule has 1 aliphatic carbocycles. The minimum atomic E-state index is -0.940. The second-order valence-corrected chi connectivity index (χ2v) is 6.68. The van der Waals surface area contributed by atoms with Crippen molar-refractivity contribution < 1.29 is 14.7 Å². The van der Waals surface area contributed by atoms with Crippen molar-refractivity contribution in [3.63, 3.8) is 0 Å². The van der Waals surface area contributed by atoms with Crippen LogP contribution in [-0.4, -0.2) is 57.3 Å². The van der Waals surface area contributed by atoms with E-state index >= 15 is 0 Å². The lowest BCUT2D eigenvalue weighted by atomic mass is 9.91. The van der Waals surface area contributed by atoms with Crippen LogP contribution in [0.4, 0.5) is 0 Å². The van der Waals surface area contributed by atoms with Crippen molar-refractivity contribution in [1.82, 2.24) is 20.0 Å². The molecule has 0 aromatic carbocycles. The Kier molecular flexibility index (Phi) is 5.18. The number of fused-ring (bicyclic) bond motifs is 1. The van der Waals surface area contributed by atoms with Crippen LogP contribution in [0.1, 0.15) is 54.4 Å². The minimum Gasteiger partial charge on any atom is -0.476 e. The van der Waals surface area contributed by atoms with Crippen molar-refractivity contribution in [2.75, 3.05) is 19.6 Å². The molecule has 0 spiro atoms. The van der Waals surface area contributed by atoms with E-state index < -0.39 is 5.97 Å². The van der Waals surface area contributed by atoms with Crippen LogP contribution in [0, 0.1) is 0 Å². The van der Waals surface area contributed by atoms with E-state index in [9.17, 15) is 14.7 Å². The number of aromatic carboxylic acids is 1. The van der Waals surface area contributed by atoms with Crippen LogP contribution >= 0.6 is 0 Å². The minimum absolute atomic E-state index is 0.208. The summed E-state index contributed by atoms with van der Waals surface area (Å²) in [5.41, 5.74) is 2.18. The number of hydrogen-bond acceptors (Lipinski definition) is 4. The molecule has 24 heavy (non-hydrogen) atoms. The largest absolute Gasteiger partial charge is 0.476 e. The smallest absolute Gasteiger partial charge is 0.356 e. The van der Waals surface area contributed by atoms with Gasteiger partial charge in [0.1, 0.15) is 0 Å². The summed E-state index contributed by atoms with van der Waals surface area (Å²) in [7, 11) is 0. The second kappa shape index (κ2) is 7.34. The maximum atomic E-state index is 11.6. The Morgan fingerprint density at radius 3 is 2.88 bits per heavy atom. The third kappa shape index (κ3) is 3.45. The molecule has 1 aromatic heterocycles. The van der Waals surface area contributed by atoms with Crippen LogP contribution in [0.3, 0.4) is 0 Å². The highest BCUT2D eigenvalue weighted by atomic mass is 16.4. The molecular weight excluding hydrogens is 308 g/mol. The zero-order chi connectivity index (χ0) is 17.1. The van der Waals surface area contributed by atoms with Crippen molar-refractivity contribution in [3.05, 3.63) is 17.0 Å². The van der Waals surface area contributed by atoms with Crippen molar-refractivity contribution in [2.45, 2.75) is 58.0 Å². The number of likely N-dealkylation sites (tertiary alicyclic amines) is 1. The lowest BCUT2D eigenvalue weighted by Crippen LogP contribution is -2.40. The summed E-state index contributed by atoms with van der Waals surface area (Å²) in [5.74, 6) is -0.693. The van der Waals surface area contributed by atoms with Gasteiger partial charge < -0.3 is 15.3 Å². The number of amides is 1. The fraction of sp³-hybridized carbons (Fsp3) is 0.706. The predicted molar refractivity (Wildman–Crippen MR) is 89.1 cm³/mol. The molecule has 7 heteroatoms. The third-order valence-electron chi connectivity index (χ3n) is 4.97. The van der Waals surface area contributed by atoms with Gasteiger partial charge in [-0.2, -0.15) is 5.10 Å². The molecule has 1 aliphatic heterocycles. The van der Waals surface area contributed by atoms with E-state index in [0.717, 1.165) is 63.1 Å². The lowest BCUT2D eigenvalue weighted by Gasteiger charge is -2.25. The van der Waals surface area contributed by atoms with E-state index in [2.05, 4.69) is 17.3 Å². The first-order chi connectivity index (χ1) is 11.6. The van der Waals surface area contributed by atoms with Gasteiger partial charge in [0.15, 0.2) is 5.69 Å². The maximum absolute atomic E-state index is 11.6. The van der Waals surface area contributed by atoms with Crippen LogP contribution in [0.2, 0.25) is 0 Å². The van der Waals surface area contributed by atoms with Gasteiger partial charge in [-0.15, -0.1) is 0 Å². The van der Waals surface area contributed by atoms with Gasteiger partial charge in [0.05, 0.1) is 0 Å². The zero-order valence-corrected chi connectivity index (χ0v) is 14.3. The Hall–Kier alpha value is -1.89. The third-order valence-corrected chi connectivity index (χ3v) is 4.97. The van der Waals surface area contributed by atoms with Gasteiger partial charge in [0.2, 0.25) is 5.91 Å². The average molecular weight is 334 g/mol. The van der Waals surface area contributed by atoms with Crippen LogP contribution < -0.4 is 5.32 Å². The van der Waals surface area contributed by atoms with Gasteiger partial charge >= 0.3 is 5.97 Å². The highest BCUT2D eigenvalue weighted by Gasteiger charge is 2.29. The topological polar surface area (TPSA) is 87.5 Å². The SMILES string of the molecule is CCCn1nc(C(=O)O)c2c1CCC(NCCN1CCCC1=O)C2. The van der Waals surface area contributed by atoms with Crippen molar-refractivity contribution >= 4 is 11.9 Å². The van der Waals surface area contributed by atoms with Crippen LogP contribution in [0.15, 0.2) is 0 Å². The summed E-state index contributed by atoms with van der Waals surface area (Å²) >= 11 is 0. The first-order valence-electron chi connectivity index (χ1n) is 8.93. The Balaban J connectivity index is 1.61. The van der Waals surface area contributed by atoms with Crippen molar-refractivity contribution in [3.8, 4) is 0 Å². The molecule has 0 radical (unpaired) electrons. The first-order valence-corrected chi connectivity index (χ1v) is 8.93. The molecule has 0 saturated carbocycles. The van der Waals surface area contributed by atoms with Gasteiger partial charge in [-0.1, -0.05) is 6.92 Å². The van der Waals surface area contributed by atoms with Gasteiger partial charge in [-0.3, -0.25) is 9.48 Å². The normalized spacial score (nSPS) is 20.5. The van der Waals surface area contributed by atoms with Gasteiger partial charge in [0.25, 0.3) is 0 Å². The fourth-order valence-corrected chi connectivity index (χ4v) is 3.77. The highest BCUT2D eigenvalue weighted by Crippen LogP contribution is 2.25. The molecule has 1 saturated heterocycles. The Bertz CT molecular complexity index is 626. The summed E-state index contributed by atoms with van der Waals surface area (Å²) in [6, 6.07) is 0.257. The number of nitrogens with zero attached hydrogens (tertiary/aromatic N) is 3. The monoisotopic (exact) mass is 334 g/mol. The summed E-state index contributed by atoms with van der Waals surface area (Å²) in [5, 5.41) is 17.2. The quantitative estimate of drug-likeness (QED) is 0.778. The van der Waals surface area contributed by atoms with E-state index in [1.807, 2.05) is 9.58 Å². The summed E-state index contributed by atoms with van der Waals surface area (Å²) < 4.78 is 1.87. The van der Waals surface area contributed by atoms with E-state index in [-0.39, 0.29) is 17.6 Å². The number of carboxylic acid groups (broad SMARTS) is 1. The van der Waals surface area contributed by atoms with Crippen molar-refractivity contribution in [1.29, 1.82) is 0 Å². The standard InChI is InChI=1S/C17H26N4O3/c1-2-8-21-14-6-5-12(11-13(14)16(19-21)17(23)24)18-7-10-20-9-3-4-15(20)22/h12,18H,2-11H2,1H3,(H,23,24). The number of carboxylic acids is 1. The molecule has 7 nitrogen and oxygen atoms in total. The average Bonchev–Trinajstić information content (AvgIpc) is 3.12. The van der Waals surface area contributed by atoms with E-state index in [4.69, 9.17) is 0 Å². The number of nitrogens with one attached hydrogen (secondary N) is 1. The molecule has 1 fully saturated rings. The predicted octanol–water partition coefficient (Wildman–Crippen LogP) is 1.06. The maximum Gasteiger partial charge on any atom is 0.356 e. The van der Waals surface area contributed by atoms with E-state index in [1.54, 1.807) is 0 Å². The molecular formula is C17H26N4O3. The Morgan fingerprint density at radius 2 is 2.21 bits per heavy atom. The first kappa shape index (κ1) is 17.0.